The summed E-state index contributed by atoms with van der Waals surface area (Å²) in [7, 11) is 4.91. The number of methoxy groups -OCH3 is 1. The standard InChI is InChI=1S/C16H17ClN2O3/c1-19(2)16(20)13-5-4-6-14(21-3)15(13)22-10-12-8-7-11(17)9-18-12/h4-9H,10H2,1-3H3. The molecule has 0 saturated carbocycles. The number of aromatic nitrogens is 1. The Morgan fingerprint density at radius 1 is 1.27 bits per heavy atom. The summed E-state index contributed by atoms with van der Waals surface area (Å²) in [5, 5.41) is 0.560. The minimum absolute atomic E-state index is 0.155. The SMILES string of the molecule is COc1cccc(C(=O)N(C)C)c1OCc1ccc(Cl)cn1. The van der Waals surface area contributed by atoms with Crippen molar-refractivity contribution in [2.45, 2.75) is 6.61 Å². The first kappa shape index (κ1) is 16.1. The van der Waals surface area contributed by atoms with Crippen LogP contribution in [0.2, 0.25) is 5.02 Å². The lowest BCUT2D eigenvalue weighted by Crippen LogP contribution is -2.22. The molecule has 0 aliphatic carbocycles. The molecular formula is C16H17ClN2O3. The van der Waals surface area contributed by atoms with Gasteiger partial charge in [-0.3, -0.25) is 9.78 Å². The molecule has 0 unspecified atom stereocenters. The Bertz CT molecular complexity index is 657. The molecule has 0 N–H and O–H groups in total. The maximum Gasteiger partial charge on any atom is 0.257 e. The molecule has 0 spiro atoms. The van der Waals surface area contributed by atoms with Gasteiger partial charge in [0.2, 0.25) is 0 Å². The minimum Gasteiger partial charge on any atom is -0.493 e. The predicted molar refractivity (Wildman–Crippen MR) is 84.6 cm³/mol. The minimum atomic E-state index is -0.155. The Morgan fingerprint density at radius 3 is 2.64 bits per heavy atom. The summed E-state index contributed by atoms with van der Waals surface area (Å²) in [4.78, 5) is 17.9. The van der Waals surface area contributed by atoms with E-state index < -0.39 is 0 Å². The Labute approximate surface area is 134 Å². The summed E-state index contributed by atoms with van der Waals surface area (Å²) in [5.74, 6) is 0.750. The number of nitrogens with zero attached hydrogens (tertiary/aromatic N) is 2. The number of para-hydroxylation sites is 1. The fraction of sp³-hybridized carbons (Fsp3) is 0.250. The summed E-state index contributed by atoms with van der Waals surface area (Å²) in [6, 6.07) is 8.71. The van der Waals surface area contributed by atoms with Crippen molar-refractivity contribution in [1.29, 1.82) is 0 Å². The number of hydrogen-bond acceptors (Lipinski definition) is 4. The van der Waals surface area contributed by atoms with Crippen LogP contribution in [0, 0.1) is 0 Å². The number of carbonyl (C=O) groups is 1. The molecule has 0 atom stereocenters. The molecule has 116 valence electrons. The van der Waals surface area contributed by atoms with E-state index in [2.05, 4.69) is 4.98 Å². The van der Waals surface area contributed by atoms with Crippen molar-refractivity contribution >= 4 is 17.5 Å². The van der Waals surface area contributed by atoms with Crippen LogP contribution in [0.3, 0.4) is 0 Å². The van der Waals surface area contributed by atoms with E-state index in [4.69, 9.17) is 21.1 Å². The first-order chi connectivity index (χ1) is 10.5. The van der Waals surface area contributed by atoms with Crippen LogP contribution in [0.4, 0.5) is 0 Å². The molecule has 22 heavy (non-hydrogen) atoms. The maximum absolute atomic E-state index is 12.2. The van der Waals surface area contributed by atoms with Gasteiger partial charge in [0.15, 0.2) is 11.5 Å². The lowest BCUT2D eigenvalue weighted by atomic mass is 10.1. The Balaban J connectivity index is 2.28. The quantitative estimate of drug-likeness (QED) is 0.849. The van der Waals surface area contributed by atoms with E-state index in [1.807, 2.05) is 0 Å². The van der Waals surface area contributed by atoms with Crippen LogP contribution in [-0.2, 0) is 6.61 Å². The van der Waals surface area contributed by atoms with Gasteiger partial charge >= 0.3 is 0 Å². The molecule has 2 aromatic rings. The van der Waals surface area contributed by atoms with E-state index >= 15 is 0 Å². The van der Waals surface area contributed by atoms with Crippen molar-refractivity contribution in [3.8, 4) is 11.5 Å². The van der Waals surface area contributed by atoms with Crippen molar-refractivity contribution in [2.75, 3.05) is 21.2 Å². The van der Waals surface area contributed by atoms with Gasteiger partial charge in [0.1, 0.15) is 6.61 Å². The van der Waals surface area contributed by atoms with E-state index in [0.717, 1.165) is 0 Å². The third-order valence-corrected chi connectivity index (χ3v) is 3.21. The van der Waals surface area contributed by atoms with Crippen LogP contribution in [-0.4, -0.2) is 37.0 Å². The first-order valence-electron chi connectivity index (χ1n) is 6.65. The number of halogens is 1. The van der Waals surface area contributed by atoms with Crippen molar-refractivity contribution in [3.63, 3.8) is 0 Å². The van der Waals surface area contributed by atoms with Gasteiger partial charge in [0, 0.05) is 20.3 Å². The lowest BCUT2D eigenvalue weighted by molar-refractivity contribution is 0.0821. The van der Waals surface area contributed by atoms with Gasteiger partial charge in [-0.25, -0.2) is 0 Å². The monoisotopic (exact) mass is 320 g/mol. The predicted octanol–water partition coefficient (Wildman–Crippen LogP) is 3.02. The summed E-state index contributed by atoms with van der Waals surface area (Å²) in [6.07, 6.45) is 1.55. The van der Waals surface area contributed by atoms with E-state index in [1.165, 1.54) is 12.0 Å². The van der Waals surface area contributed by atoms with Gasteiger partial charge in [0.25, 0.3) is 5.91 Å². The molecule has 0 aliphatic rings. The van der Waals surface area contributed by atoms with E-state index in [9.17, 15) is 4.79 Å². The van der Waals surface area contributed by atoms with Crippen LogP contribution in [0.5, 0.6) is 11.5 Å². The summed E-state index contributed by atoms with van der Waals surface area (Å²) >= 11 is 5.80. The number of ether oxygens (including phenoxy) is 2. The second-order valence-corrected chi connectivity index (χ2v) is 5.23. The fourth-order valence-electron chi connectivity index (χ4n) is 1.87. The Hall–Kier alpha value is -2.27. The molecule has 1 heterocycles. The van der Waals surface area contributed by atoms with Crippen molar-refractivity contribution < 1.29 is 14.3 Å². The number of benzene rings is 1. The average Bonchev–Trinajstić information content (AvgIpc) is 2.53. The maximum atomic E-state index is 12.2. The van der Waals surface area contributed by atoms with Crippen molar-refractivity contribution in [1.82, 2.24) is 9.88 Å². The molecule has 5 nitrogen and oxygen atoms in total. The van der Waals surface area contributed by atoms with Gasteiger partial charge in [-0.2, -0.15) is 0 Å². The molecule has 2 rings (SSSR count). The molecule has 1 aromatic carbocycles. The zero-order chi connectivity index (χ0) is 16.1. The van der Waals surface area contributed by atoms with E-state index in [-0.39, 0.29) is 12.5 Å². The van der Waals surface area contributed by atoms with Gasteiger partial charge in [-0.05, 0) is 24.3 Å². The third-order valence-electron chi connectivity index (χ3n) is 2.99. The highest BCUT2D eigenvalue weighted by Gasteiger charge is 2.18. The largest absolute Gasteiger partial charge is 0.493 e. The molecule has 0 bridgehead atoms. The highest BCUT2D eigenvalue weighted by Crippen LogP contribution is 2.32. The van der Waals surface area contributed by atoms with Crippen LogP contribution in [0.15, 0.2) is 36.5 Å². The number of rotatable bonds is 5. The normalized spacial score (nSPS) is 10.2. The molecule has 0 aliphatic heterocycles. The number of hydrogen-bond donors (Lipinski definition) is 0. The molecule has 6 heteroatoms. The molecule has 0 radical (unpaired) electrons. The van der Waals surface area contributed by atoms with Crippen molar-refractivity contribution in [3.05, 3.63) is 52.8 Å². The topological polar surface area (TPSA) is 51.7 Å². The summed E-state index contributed by atoms with van der Waals surface area (Å²) in [6.45, 7) is 0.214. The molecule has 1 aromatic heterocycles. The molecule has 0 saturated heterocycles. The van der Waals surface area contributed by atoms with Crippen LogP contribution < -0.4 is 9.47 Å². The second kappa shape index (κ2) is 7.13. The molecule has 1 amide bonds. The van der Waals surface area contributed by atoms with E-state index in [0.29, 0.717) is 27.8 Å². The first-order valence-corrected chi connectivity index (χ1v) is 7.02. The van der Waals surface area contributed by atoms with Gasteiger partial charge in [0.05, 0.1) is 23.4 Å². The molecule has 0 fully saturated rings. The number of pyridine rings is 1. The van der Waals surface area contributed by atoms with Crippen LogP contribution in [0.1, 0.15) is 16.1 Å². The highest BCUT2D eigenvalue weighted by atomic mass is 35.5. The zero-order valence-electron chi connectivity index (χ0n) is 12.7. The summed E-state index contributed by atoms with van der Waals surface area (Å²) in [5.41, 5.74) is 1.15. The van der Waals surface area contributed by atoms with Gasteiger partial charge in [-0.1, -0.05) is 17.7 Å². The van der Waals surface area contributed by atoms with Gasteiger partial charge < -0.3 is 14.4 Å². The molecular weight excluding hydrogens is 304 g/mol. The third kappa shape index (κ3) is 3.68. The zero-order valence-corrected chi connectivity index (χ0v) is 13.4. The number of carbonyl (C=O) groups excluding carboxylic acids is 1. The fourth-order valence-corrected chi connectivity index (χ4v) is 1.98. The smallest absolute Gasteiger partial charge is 0.257 e. The lowest BCUT2D eigenvalue weighted by Gasteiger charge is -2.17. The van der Waals surface area contributed by atoms with Crippen LogP contribution >= 0.6 is 11.6 Å². The Kier molecular flexibility index (Phi) is 5.22. The Morgan fingerprint density at radius 2 is 2.05 bits per heavy atom. The van der Waals surface area contributed by atoms with Crippen molar-refractivity contribution in [2.24, 2.45) is 0 Å². The highest BCUT2D eigenvalue weighted by molar-refractivity contribution is 6.30. The number of amides is 1. The average molecular weight is 321 g/mol. The second-order valence-electron chi connectivity index (χ2n) is 4.79. The summed E-state index contributed by atoms with van der Waals surface area (Å²) < 4.78 is 11.1. The van der Waals surface area contributed by atoms with Crippen LogP contribution in [0.25, 0.3) is 0 Å². The van der Waals surface area contributed by atoms with Gasteiger partial charge in [-0.15, -0.1) is 0 Å². The van der Waals surface area contributed by atoms with E-state index in [1.54, 1.807) is 50.6 Å².